The van der Waals surface area contributed by atoms with Gasteiger partial charge in [0.1, 0.15) is 49.6 Å². The number of rotatable bonds is 14. The fraction of sp³-hybridized carbons (Fsp3) is 0.268. The summed E-state index contributed by atoms with van der Waals surface area (Å²) >= 11 is 2.80. The van der Waals surface area contributed by atoms with E-state index < -0.39 is 11.5 Å². The number of anilines is 3. The van der Waals surface area contributed by atoms with Gasteiger partial charge in [-0.25, -0.2) is 4.79 Å². The van der Waals surface area contributed by atoms with Crippen molar-refractivity contribution in [3.8, 4) is 60.8 Å². The predicted molar refractivity (Wildman–Crippen MR) is 207 cm³/mol. The summed E-state index contributed by atoms with van der Waals surface area (Å²) in [6.07, 6.45) is 4.34. The van der Waals surface area contributed by atoms with Crippen LogP contribution in [0.15, 0.2) is 78.4 Å². The molecule has 0 saturated carbocycles. The number of benzene rings is 3. The van der Waals surface area contributed by atoms with E-state index in [1.54, 1.807) is 6.07 Å². The molecule has 272 valence electrons. The normalized spacial score (nSPS) is 13.3. The van der Waals surface area contributed by atoms with Crippen LogP contribution < -0.4 is 33.3 Å². The maximum atomic E-state index is 11.7. The average Bonchev–Trinajstić information content (AvgIpc) is 3.76. The van der Waals surface area contributed by atoms with Crippen molar-refractivity contribution in [3.63, 3.8) is 0 Å². The summed E-state index contributed by atoms with van der Waals surface area (Å²) < 4.78 is 36.2. The van der Waals surface area contributed by atoms with E-state index in [0.717, 1.165) is 68.0 Å². The summed E-state index contributed by atoms with van der Waals surface area (Å²) in [4.78, 5) is 16.7. The highest BCUT2D eigenvalue weighted by Gasteiger charge is 2.33. The maximum absolute atomic E-state index is 11.7. The third-order valence-electron chi connectivity index (χ3n) is 8.47. The van der Waals surface area contributed by atoms with Crippen LogP contribution in [0.25, 0.3) is 26.3 Å². The Balaban J connectivity index is 1.25. The second-order valence-electron chi connectivity index (χ2n) is 12.2. The maximum Gasteiger partial charge on any atom is 0.346 e. The number of aliphatic carboxylic acids is 1. The van der Waals surface area contributed by atoms with Crippen molar-refractivity contribution < 1.29 is 38.3 Å². The number of thiophene rings is 2. The molecule has 0 amide bonds. The lowest BCUT2D eigenvalue weighted by Gasteiger charge is -2.26. The molecule has 0 bridgehead atoms. The lowest BCUT2D eigenvalue weighted by Crippen LogP contribution is -2.15. The van der Waals surface area contributed by atoms with E-state index in [-0.39, 0.29) is 0 Å². The number of hydrogen-bond donors (Lipinski definition) is 1. The van der Waals surface area contributed by atoms with Crippen LogP contribution in [0.3, 0.4) is 0 Å². The van der Waals surface area contributed by atoms with E-state index in [2.05, 4.69) is 67.3 Å². The van der Waals surface area contributed by atoms with Gasteiger partial charge in [0, 0.05) is 17.1 Å². The molecule has 0 aliphatic carbocycles. The molecule has 0 fully saturated rings. The number of hydrogen-bond acceptors (Lipinski definition) is 11. The molecular formula is C41H38N2O8S2. The highest BCUT2D eigenvalue weighted by Crippen LogP contribution is 2.60. The predicted octanol–water partition coefficient (Wildman–Crippen LogP) is 10.1. The van der Waals surface area contributed by atoms with Gasteiger partial charge in [-0.05, 0) is 85.1 Å². The molecule has 2 aromatic heterocycles. The topological polar surface area (TPSA) is 120 Å². The van der Waals surface area contributed by atoms with Crippen molar-refractivity contribution in [3.05, 3.63) is 83.2 Å². The Labute approximate surface area is 316 Å². The number of unbranched alkanes of at least 4 members (excludes halogenated alkanes) is 1. The SMILES string of the molecule is CCCCOc1ccc(N(c2ccc(OCCC)cc2)c2ccc(-c3sc(-c4sc(C=C(C#N)C(=O)O)c5c4OCCO5)c4c3OCCO4)cc2)cc1. The van der Waals surface area contributed by atoms with Gasteiger partial charge < -0.3 is 38.4 Å². The first kappa shape index (κ1) is 35.7. The van der Waals surface area contributed by atoms with Crippen molar-refractivity contribution in [1.82, 2.24) is 0 Å². The van der Waals surface area contributed by atoms with Gasteiger partial charge in [-0.2, -0.15) is 5.26 Å². The standard InChI is InChI=1S/C41H38N2O8S2/c1-3-5-19-47-32-16-12-30(13-17-32)43(29-10-14-31(15-11-29)46-18-4-2)28-8-6-26(7-9-28)38-36-37(51-23-22-50-36)40(53-38)39-35-34(48-20-21-49-35)33(52-39)24-27(25-42)41(44)45/h6-17,24H,3-5,18-23H2,1-2H3,(H,44,45). The van der Waals surface area contributed by atoms with Crippen molar-refractivity contribution in [2.24, 2.45) is 0 Å². The largest absolute Gasteiger partial charge is 0.494 e. The molecule has 53 heavy (non-hydrogen) atoms. The highest BCUT2D eigenvalue weighted by atomic mass is 32.1. The third-order valence-corrected chi connectivity index (χ3v) is 10.9. The van der Waals surface area contributed by atoms with Crippen LogP contribution in [-0.2, 0) is 4.79 Å². The summed E-state index contributed by atoms with van der Waals surface area (Å²) in [5.74, 6) is 2.50. The molecule has 0 atom stereocenters. The molecule has 3 aromatic carbocycles. The Bertz CT molecular complexity index is 2130. The van der Waals surface area contributed by atoms with Crippen LogP contribution >= 0.6 is 22.7 Å². The molecule has 7 rings (SSSR count). The molecular weight excluding hydrogens is 713 g/mol. The lowest BCUT2D eigenvalue weighted by molar-refractivity contribution is -0.132. The number of nitriles is 1. The Morgan fingerprint density at radius 1 is 0.717 bits per heavy atom. The van der Waals surface area contributed by atoms with Crippen LogP contribution in [-0.4, -0.2) is 50.7 Å². The first-order valence-corrected chi connectivity index (χ1v) is 19.2. The molecule has 0 unspecified atom stereocenters. The Morgan fingerprint density at radius 2 is 1.21 bits per heavy atom. The summed E-state index contributed by atoms with van der Waals surface area (Å²) in [6.45, 7) is 7.00. The second kappa shape index (κ2) is 16.4. The molecule has 1 N–H and O–H groups in total. The summed E-state index contributed by atoms with van der Waals surface area (Å²) in [5, 5.41) is 18.9. The van der Waals surface area contributed by atoms with Gasteiger partial charge in [-0.1, -0.05) is 32.4 Å². The Kier molecular flexibility index (Phi) is 11.0. The van der Waals surface area contributed by atoms with E-state index >= 15 is 0 Å². The second-order valence-corrected chi connectivity index (χ2v) is 14.2. The molecule has 2 aliphatic rings. The third kappa shape index (κ3) is 7.63. The van der Waals surface area contributed by atoms with E-state index in [1.807, 2.05) is 24.3 Å². The number of carbonyl (C=O) groups is 1. The average molecular weight is 751 g/mol. The smallest absolute Gasteiger partial charge is 0.346 e. The molecule has 10 nitrogen and oxygen atoms in total. The molecule has 0 radical (unpaired) electrons. The van der Waals surface area contributed by atoms with Crippen molar-refractivity contribution in [2.45, 2.75) is 33.1 Å². The van der Waals surface area contributed by atoms with Gasteiger partial charge in [0.25, 0.3) is 0 Å². The molecule has 12 heteroatoms. The highest BCUT2D eigenvalue weighted by molar-refractivity contribution is 7.25. The number of fused-ring (bicyclic) bond motifs is 2. The summed E-state index contributed by atoms with van der Waals surface area (Å²) in [6, 6.07) is 26.3. The van der Waals surface area contributed by atoms with E-state index in [0.29, 0.717) is 67.5 Å². The van der Waals surface area contributed by atoms with Crippen LogP contribution in [0.2, 0.25) is 0 Å². The minimum Gasteiger partial charge on any atom is -0.494 e. The van der Waals surface area contributed by atoms with Crippen LogP contribution in [0.1, 0.15) is 38.0 Å². The Morgan fingerprint density at radius 3 is 1.74 bits per heavy atom. The Hall–Kier alpha value is -5.64. The van der Waals surface area contributed by atoms with Gasteiger partial charge in [0.15, 0.2) is 23.0 Å². The molecule has 0 saturated heterocycles. The van der Waals surface area contributed by atoms with Gasteiger partial charge in [0.2, 0.25) is 0 Å². The van der Waals surface area contributed by atoms with Gasteiger partial charge >= 0.3 is 5.97 Å². The van der Waals surface area contributed by atoms with E-state index in [9.17, 15) is 15.2 Å². The molecule has 4 heterocycles. The monoisotopic (exact) mass is 750 g/mol. The molecule has 5 aromatic rings. The first-order valence-electron chi connectivity index (χ1n) is 17.6. The minimum atomic E-state index is -1.31. The van der Waals surface area contributed by atoms with Gasteiger partial charge in [-0.3, -0.25) is 0 Å². The minimum absolute atomic E-state index is 0.309. The van der Waals surface area contributed by atoms with Gasteiger partial charge in [0.05, 0.1) is 32.7 Å². The van der Waals surface area contributed by atoms with Crippen molar-refractivity contribution in [2.75, 3.05) is 44.5 Å². The zero-order valence-electron chi connectivity index (χ0n) is 29.4. The summed E-state index contributed by atoms with van der Waals surface area (Å²) in [5.41, 5.74) is 3.46. The number of nitrogens with zero attached hydrogens (tertiary/aromatic N) is 2. The number of carboxylic acid groups (broad SMARTS) is 1. The van der Waals surface area contributed by atoms with Crippen molar-refractivity contribution >= 4 is 51.8 Å². The molecule has 2 aliphatic heterocycles. The first-order chi connectivity index (χ1) is 26.0. The quantitative estimate of drug-likeness (QED) is 0.0667. The molecule has 0 spiro atoms. The van der Waals surface area contributed by atoms with Crippen molar-refractivity contribution in [1.29, 1.82) is 5.26 Å². The fourth-order valence-electron chi connectivity index (χ4n) is 5.93. The van der Waals surface area contributed by atoms with Crippen LogP contribution in [0.5, 0.6) is 34.5 Å². The summed E-state index contributed by atoms with van der Waals surface area (Å²) in [7, 11) is 0. The number of carboxylic acids is 1. The van der Waals surface area contributed by atoms with Gasteiger partial charge in [-0.15, -0.1) is 22.7 Å². The van der Waals surface area contributed by atoms with Crippen LogP contribution in [0.4, 0.5) is 17.1 Å². The van der Waals surface area contributed by atoms with Crippen LogP contribution in [0, 0.1) is 11.3 Å². The zero-order valence-corrected chi connectivity index (χ0v) is 31.0. The van der Waals surface area contributed by atoms with E-state index in [4.69, 9.17) is 28.4 Å². The lowest BCUT2D eigenvalue weighted by atomic mass is 10.1. The number of ether oxygens (including phenoxy) is 6. The zero-order chi connectivity index (χ0) is 36.7. The van der Waals surface area contributed by atoms with E-state index in [1.165, 1.54) is 28.7 Å². The fourth-order valence-corrected chi connectivity index (χ4v) is 8.38.